The molecule has 0 aliphatic heterocycles. The number of aryl methyl sites for hydroxylation is 1. The number of benzene rings is 2. The standard InChI is InChI=1S/C22H31N3O4/c1-7-23-22(24-13-16-8-9-19(27-4)18(26)11-16)25(3)14-17-12-21(29-6)20(28-5)10-15(17)2/h8-12,26H,7,13-14H2,1-6H3,(H,23,24). The Morgan fingerprint density at radius 1 is 1.03 bits per heavy atom. The maximum atomic E-state index is 9.97. The number of ether oxygens (including phenoxy) is 3. The molecule has 0 saturated carbocycles. The zero-order valence-corrected chi connectivity index (χ0v) is 18.1. The summed E-state index contributed by atoms with van der Waals surface area (Å²) < 4.78 is 15.9. The van der Waals surface area contributed by atoms with E-state index in [1.54, 1.807) is 26.4 Å². The van der Waals surface area contributed by atoms with Gasteiger partial charge in [0.15, 0.2) is 29.0 Å². The van der Waals surface area contributed by atoms with Gasteiger partial charge in [-0.25, -0.2) is 4.99 Å². The van der Waals surface area contributed by atoms with Crippen LogP contribution >= 0.6 is 0 Å². The van der Waals surface area contributed by atoms with E-state index in [0.717, 1.165) is 34.9 Å². The van der Waals surface area contributed by atoms with Gasteiger partial charge in [0.1, 0.15) is 0 Å². The predicted molar refractivity (Wildman–Crippen MR) is 115 cm³/mol. The molecule has 2 aromatic rings. The lowest BCUT2D eigenvalue weighted by molar-refractivity contribution is 0.353. The van der Waals surface area contributed by atoms with Crippen LogP contribution in [0.5, 0.6) is 23.0 Å². The number of phenolic OH excluding ortho intramolecular Hbond substituents is 1. The second-order valence-electron chi connectivity index (χ2n) is 6.67. The molecule has 0 atom stereocenters. The van der Waals surface area contributed by atoms with Gasteiger partial charge in [-0.2, -0.15) is 0 Å². The van der Waals surface area contributed by atoms with Crippen molar-refractivity contribution in [1.82, 2.24) is 10.2 Å². The Morgan fingerprint density at radius 3 is 2.28 bits per heavy atom. The lowest BCUT2D eigenvalue weighted by atomic mass is 10.1. The first kappa shape index (κ1) is 22.2. The van der Waals surface area contributed by atoms with E-state index in [2.05, 4.69) is 17.1 Å². The summed E-state index contributed by atoms with van der Waals surface area (Å²) in [6.45, 7) is 5.93. The number of phenols is 1. The van der Waals surface area contributed by atoms with Crippen LogP contribution in [0.15, 0.2) is 35.3 Å². The van der Waals surface area contributed by atoms with E-state index in [4.69, 9.17) is 19.2 Å². The third-order valence-electron chi connectivity index (χ3n) is 4.60. The van der Waals surface area contributed by atoms with Crippen LogP contribution in [-0.2, 0) is 13.1 Å². The summed E-state index contributed by atoms with van der Waals surface area (Å²) in [5, 5.41) is 13.3. The molecule has 0 saturated heterocycles. The molecule has 0 aliphatic carbocycles. The molecule has 0 unspecified atom stereocenters. The summed E-state index contributed by atoms with van der Waals surface area (Å²) in [6, 6.07) is 9.28. The van der Waals surface area contributed by atoms with Crippen LogP contribution in [0.4, 0.5) is 0 Å². The van der Waals surface area contributed by atoms with Gasteiger partial charge in [0.25, 0.3) is 0 Å². The first-order valence-corrected chi connectivity index (χ1v) is 9.50. The molecule has 2 N–H and O–H groups in total. The number of aliphatic imine (C=N–C) groups is 1. The van der Waals surface area contributed by atoms with Crippen molar-refractivity contribution in [1.29, 1.82) is 0 Å². The van der Waals surface area contributed by atoms with Gasteiger partial charge in [0.05, 0.1) is 27.9 Å². The number of hydrogen-bond acceptors (Lipinski definition) is 5. The van der Waals surface area contributed by atoms with Crippen LogP contribution in [0.25, 0.3) is 0 Å². The molecule has 0 spiro atoms. The highest BCUT2D eigenvalue weighted by Gasteiger charge is 2.13. The fraction of sp³-hybridized carbons (Fsp3) is 0.409. The van der Waals surface area contributed by atoms with Crippen molar-refractivity contribution in [3.05, 3.63) is 47.0 Å². The van der Waals surface area contributed by atoms with E-state index in [-0.39, 0.29) is 5.75 Å². The van der Waals surface area contributed by atoms with Crippen molar-refractivity contribution in [3.63, 3.8) is 0 Å². The SMILES string of the molecule is CCNC(=NCc1ccc(OC)c(O)c1)N(C)Cc1cc(OC)c(OC)cc1C. The normalized spacial score (nSPS) is 11.2. The monoisotopic (exact) mass is 401 g/mol. The summed E-state index contributed by atoms with van der Waals surface area (Å²) in [7, 11) is 6.79. The van der Waals surface area contributed by atoms with Crippen LogP contribution in [0.1, 0.15) is 23.6 Å². The Hall–Kier alpha value is -3.09. The van der Waals surface area contributed by atoms with Crippen LogP contribution in [-0.4, -0.2) is 50.9 Å². The van der Waals surface area contributed by atoms with Crippen LogP contribution in [0.3, 0.4) is 0 Å². The summed E-state index contributed by atoms with van der Waals surface area (Å²) in [5.41, 5.74) is 3.14. The van der Waals surface area contributed by atoms with Crippen molar-refractivity contribution < 1.29 is 19.3 Å². The molecule has 0 fully saturated rings. The maximum absolute atomic E-state index is 9.97. The largest absolute Gasteiger partial charge is 0.504 e. The zero-order valence-electron chi connectivity index (χ0n) is 18.1. The van der Waals surface area contributed by atoms with E-state index < -0.39 is 0 Å². The first-order valence-electron chi connectivity index (χ1n) is 9.50. The fourth-order valence-electron chi connectivity index (χ4n) is 2.99. The molecular weight excluding hydrogens is 370 g/mol. The molecule has 29 heavy (non-hydrogen) atoms. The van der Waals surface area contributed by atoms with E-state index in [1.807, 2.05) is 32.2 Å². The topological polar surface area (TPSA) is 75.6 Å². The van der Waals surface area contributed by atoms with Crippen molar-refractivity contribution in [2.45, 2.75) is 26.9 Å². The second kappa shape index (κ2) is 10.5. The first-order chi connectivity index (χ1) is 13.9. The Kier molecular flexibility index (Phi) is 8.00. The summed E-state index contributed by atoms with van der Waals surface area (Å²) in [6.07, 6.45) is 0. The third-order valence-corrected chi connectivity index (χ3v) is 4.60. The van der Waals surface area contributed by atoms with Crippen LogP contribution in [0.2, 0.25) is 0 Å². The minimum atomic E-state index is 0.111. The Balaban J connectivity index is 2.19. The quantitative estimate of drug-likeness (QED) is 0.522. The summed E-state index contributed by atoms with van der Waals surface area (Å²) >= 11 is 0. The molecule has 7 nitrogen and oxygen atoms in total. The third kappa shape index (κ3) is 5.70. The highest BCUT2D eigenvalue weighted by Crippen LogP contribution is 2.31. The minimum Gasteiger partial charge on any atom is -0.504 e. The summed E-state index contributed by atoms with van der Waals surface area (Å²) in [5.74, 6) is 2.76. The molecule has 0 amide bonds. The molecule has 2 rings (SSSR count). The molecule has 0 radical (unpaired) electrons. The number of hydrogen-bond donors (Lipinski definition) is 2. The second-order valence-corrected chi connectivity index (χ2v) is 6.67. The number of aromatic hydroxyl groups is 1. The lowest BCUT2D eigenvalue weighted by Gasteiger charge is -2.23. The van der Waals surface area contributed by atoms with E-state index in [1.165, 1.54) is 7.11 Å². The number of nitrogens with one attached hydrogen (secondary N) is 1. The van der Waals surface area contributed by atoms with Gasteiger partial charge in [-0.15, -0.1) is 0 Å². The van der Waals surface area contributed by atoms with Gasteiger partial charge in [0.2, 0.25) is 0 Å². The highest BCUT2D eigenvalue weighted by molar-refractivity contribution is 5.79. The van der Waals surface area contributed by atoms with Crippen molar-refractivity contribution in [2.24, 2.45) is 4.99 Å². The van der Waals surface area contributed by atoms with Gasteiger partial charge >= 0.3 is 0 Å². The molecular formula is C22H31N3O4. The van der Waals surface area contributed by atoms with Crippen LogP contribution in [0, 0.1) is 6.92 Å². The Morgan fingerprint density at radius 2 is 1.69 bits per heavy atom. The van der Waals surface area contributed by atoms with E-state index in [0.29, 0.717) is 24.6 Å². The van der Waals surface area contributed by atoms with Crippen molar-refractivity contribution in [3.8, 4) is 23.0 Å². The maximum Gasteiger partial charge on any atom is 0.194 e. The summed E-state index contributed by atoms with van der Waals surface area (Å²) in [4.78, 5) is 6.76. The molecule has 0 aromatic heterocycles. The molecule has 2 aromatic carbocycles. The van der Waals surface area contributed by atoms with Crippen molar-refractivity contribution >= 4 is 5.96 Å². The molecule has 0 bridgehead atoms. The minimum absolute atomic E-state index is 0.111. The molecule has 0 heterocycles. The molecule has 7 heteroatoms. The van der Waals surface area contributed by atoms with Gasteiger partial charge in [0, 0.05) is 20.1 Å². The smallest absolute Gasteiger partial charge is 0.194 e. The average Bonchev–Trinajstić information content (AvgIpc) is 2.72. The van der Waals surface area contributed by atoms with Gasteiger partial charge in [-0.1, -0.05) is 6.07 Å². The van der Waals surface area contributed by atoms with Gasteiger partial charge < -0.3 is 29.5 Å². The molecule has 158 valence electrons. The zero-order chi connectivity index (χ0) is 21.4. The number of rotatable bonds is 8. The van der Waals surface area contributed by atoms with Gasteiger partial charge in [-0.3, -0.25) is 0 Å². The number of nitrogens with zero attached hydrogens (tertiary/aromatic N) is 2. The Labute approximate surface area is 172 Å². The predicted octanol–water partition coefficient (Wildman–Crippen LogP) is 3.32. The highest BCUT2D eigenvalue weighted by atomic mass is 16.5. The number of methoxy groups -OCH3 is 3. The van der Waals surface area contributed by atoms with E-state index in [9.17, 15) is 5.11 Å². The Bertz CT molecular complexity index is 852. The number of guanidine groups is 1. The van der Waals surface area contributed by atoms with Crippen molar-refractivity contribution in [2.75, 3.05) is 34.9 Å². The van der Waals surface area contributed by atoms with Gasteiger partial charge in [-0.05, 0) is 54.8 Å². The molecule has 0 aliphatic rings. The average molecular weight is 402 g/mol. The van der Waals surface area contributed by atoms with E-state index >= 15 is 0 Å². The van der Waals surface area contributed by atoms with Crippen LogP contribution < -0.4 is 19.5 Å². The lowest BCUT2D eigenvalue weighted by Crippen LogP contribution is -2.38. The fourth-order valence-corrected chi connectivity index (χ4v) is 2.99.